The number of amides is 1. The molecular formula is C21H20ClNOS. The molecule has 25 heavy (non-hydrogen) atoms. The van der Waals surface area contributed by atoms with Gasteiger partial charge >= 0.3 is 0 Å². The summed E-state index contributed by atoms with van der Waals surface area (Å²) >= 11 is 8.00. The highest BCUT2D eigenvalue weighted by atomic mass is 35.5. The third-order valence-corrected chi connectivity index (χ3v) is 6.64. The number of rotatable bonds is 3. The third kappa shape index (κ3) is 3.07. The molecule has 0 spiro atoms. The van der Waals surface area contributed by atoms with Gasteiger partial charge in [-0.05, 0) is 48.4 Å². The zero-order valence-electron chi connectivity index (χ0n) is 14.1. The quantitative estimate of drug-likeness (QED) is 0.609. The lowest BCUT2D eigenvalue weighted by Crippen LogP contribution is -2.30. The van der Waals surface area contributed by atoms with Crippen molar-refractivity contribution in [1.82, 2.24) is 5.32 Å². The largest absolute Gasteiger partial charge is 0.344 e. The van der Waals surface area contributed by atoms with Crippen LogP contribution in [0.4, 0.5) is 0 Å². The molecule has 2 aromatic carbocycles. The van der Waals surface area contributed by atoms with E-state index in [1.807, 2.05) is 12.1 Å². The number of fused-ring (bicyclic) bond motifs is 2. The molecule has 4 rings (SSSR count). The number of hydrogen-bond donors (Lipinski definition) is 1. The molecule has 0 bridgehead atoms. The lowest BCUT2D eigenvalue weighted by atomic mass is 9.88. The lowest BCUT2D eigenvalue weighted by molar-refractivity contribution is 0.0937. The van der Waals surface area contributed by atoms with Crippen LogP contribution in [0.3, 0.4) is 0 Å². The summed E-state index contributed by atoms with van der Waals surface area (Å²) < 4.78 is 1.08. The summed E-state index contributed by atoms with van der Waals surface area (Å²) in [5.41, 5.74) is 3.85. The fourth-order valence-electron chi connectivity index (χ4n) is 3.60. The molecule has 2 nitrogen and oxygen atoms in total. The monoisotopic (exact) mass is 369 g/mol. The smallest absolute Gasteiger partial charge is 0.263 e. The van der Waals surface area contributed by atoms with E-state index >= 15 is 0 Å². The molecular weight excluding hydrogens is 350 g/mol. The number of nitrogens with one attached hydrogen (secondary N) is 1. The Morgan fingerprint density at radius 2 is 2.12 bits per heavy atom. The van der Waals surface area contributed by atoms with Crippen LogP contribution >= 0.6 is 22.9 Å². The van der Waals surface area contributed by atoms with Gasteiger partial charge in [0.1, 0.15) is 4.88 Å². The Morgan fingerprint density at radius 1 is 1.28 bits per heavy atom. The Labute approximate surface area is 156 Å². The maximum Gasteiger partial charge on any atom is 0.263 e. The maximum absolute atomic E-state index is 12.9. The number of carbonyl (C=O) groups excluding carboxylic acids is 1. The van der Waals surface area contributed by atoms with Crippen LogP contribution < -0.4 is 5.32 Å². The predicted molar refractivity (Wildman–Crippen MR) is 106 cm³/mol. The maximum atomic E-state index is 12.9. The van der Waals surface area contributed by atoms with Crippen molar-refractivity contribution in [3.63, 3.8) is 0 Å². The standard InChI is InChI=1S/C21H20ClNOS/c1-2-13-10-11-16-18(12-13)25-20(19(16)22)21(24)23-17-9-5-7-14-6-3-4-8-15(14)17/h3-4,6,8,10-12,17H,2,5,7,9H2,1H3,(H,23,24). The molecule has 1 unspecified atom stereocenters. The predicted octanol–water partition coefficient (Wildman–Crippen LogP) is 5.92. The summed E-state index contributed by atoms with van der Waals surface area (Å²) in [6.45, 7) is 2.13. The van der Waals surface area contributed by atoms with E-state index in [-0.39, 0.29) is 11.9 Å². The molecule has 1 atom stereocenters. The topological polar surface area (TPSA) is 29.1 Å². The van der Waals surface area contributed by atoms with Crippen molar-refractivity contribution in [2.24, 2.45) is 0 Å². The second-order valence-electron chi connectivity index (χ2n) is 6.55. The molecule has 0 saturated carbocycles. The van der Waals surface area contributed by atoms with Crippen molar-refractivity contribution in [3.05, 3.63) is 69.1 Å². The molecule has 1 heterocycles. The molecule has 3 aromatic rings. The number of carbonyl (C=O) groups is 1. The molecule has 1 aliphatic carbocycles. The SMILES string of the molecule is CCc1ccc2c(Cl)c(C(=O)NC3CCCc4ccccc43)sc2c1. The number of benzene rings is 2. The highest BCUT2D eigenvalue weighted by molar-refractivity contribution is 7.21. The summed E-state index contributed by atoms with van der Waals surface area (Å²) in [7, 11) is 0. The van der Waals surface area contributed by atoms with Gasteiger partial charge in [0, 0.05) is 10.1 Å². The van der Waals surface area contributed by atoms with Crippen molar-refractivity contribution in [3.8, 4) is 0 Å². The van der Waals surface area contributed by atoms with Crippen LogP contribution in [0.5, 0.6) is 0 Å². The number of thiophene rings is 1. The average molecular weight is 370 g/mol. The highest BCUT2D eigenvalue weighted by Gasteiger charge is 2.24. The van der Waals surface area contributed by atoms with Gasteiger partial charge in [-0.1, -0.05) is 54.9 Å². The van der Waals surface area contributed by atoms with Gasteiger partial charge in [0.05, 0.1) is 11.1 Å². The molecule has 1 amide bonds. The van der Waals surface area contributed by atoms with Crippen molar-refractivity contribution in [2.75, 3.05) is 0 Å². The fourth-order valence-corrected chi connectivity index (χ4v) is 5.09. The van der Waals surface area contributed by atoms with Crippen molar-refractivity contribution >= 4 is 38.9 Å². The van der Waals surface area contributed by atoms with E-state index in [2.05, 4.69) is 42.6 Å². The number of aryl methyl sites for hydroxylation is 2. The summed E-state index contributed by atoms with van der Waals surface area (Å²) in [5, 5.41) is 4.75. The van der Waals surface area contributed by atoms with Gasteiger partial charge in [-0.2, -0.15) is 0 Å². The van der Waals surface area contributed by atoms with Crippen LogP contribution in [0.15, 0.2) is 42.5 Å². The minimum atomic E-state index is -0.0639. The first-order valence-corrected chi connectivity index (χ1v) is 9.96. The fraction of sp³-hybridized carbons (Fsp3) is 0.286. The summed E-state index contributed by atoms with van der Waals surface area (Å²) in [6, 6.07) is 14.7. The van der Waals surface area contributed by atoms with Gasteiger partial charge < -0.3 is 5.32 Å². The molecule has 0 fully saturated rings. The minimum Gasteiger partial charge on any atom is -0.344 e. The summed E-state index contributed by atoms with van der Waals surface area (Å²) in [6.07, 6.45) is 4.14. The van der Waals surface area contributed by atoms with E-state index in [4.69, 9.17) is 11.6 Å². The summed E-state index contributed by atoms with van der Waals surface area (Å²) in [4.78, 5) is 13.5. The van der Waals surface area contributed by atoms with E-state index in [1.54, 1.807) is 0 Å². The first-order valence-electron chi connectivity index (χ1n) is 8.77. The minimum absolute atomic E-state index is 0.0639. The van der Waals surface area contributed by atoms with Crippen LogP contribution in [-0.4, -0.2) is 5.91 Å². The van der Waals surface area contributed by atoms with E-state index < -0.39 is 0 Å². The molecule has 0 radical (unpaired) electrons. The van der Waals surface area contributed by atoms with Gasteiger partial charge in [0.2, 0.25) is 0 Å². The second kappa shape index (κ2) is 6.81. The van der Waals surface area contributed by atoms with Gasteiger partial charge in [-0.3, -0.25) is 4.79 Å². The molecule has 0 aliphatic heterocycles. The third-order valence-electron chi connectivity index (χ3n) is 4.98. The normalized spacial score (nSPS) is 16.6. The Kier molecular flexibility index (Phi) is 4.53. The molecule has 0 saturated heterocycles. The Morgan fingerprint density at radius 3 is 2.96 bits per heavy atom. The van der Waals surface area contributed by atoms with Crippen molar-refractivity contribution < 1.29 is 4.79 Å². The Hall–Kier alpha value is -1.84. The van der Waals surface area contributed by atoms with Crippen LogP contribution in [0.2, 0.25) is 5.02 Å². The number of hydrogen-bond acceptors (Lipinski definition) is 2. The van der Waals surface area contributed by atoms with Gasteiger partial charge in [-0.25, -0.2) is 0 Å². The van der Waals surface area contributed by atoms with Crippen molar-refractivity contribution in [1.29, 1.82) is 0 Å². The zero-order valence-corrected chi connectivity index (χ0v) is 15.7. The Balaban J connectivity index is 1.64. The van der Waals surface area contributed by atoms with E-state index in [0.717, 1.165) is 35.8 Å². The molecule has 1 aliphatic rings. The average Bonchev–Trinajstić information content (AvgIpc) is 2.98. The highest BCUT2D eigenvalue weighted by Crippen LogP contribution is 2.37. The van der Waals surface area contributed by atoms with Gasteiger partial charge in [0.15, 0.2) is 0 Å². The lowest BCUT2D eigenvalue weighted by Gasteiger charge is -2.26. The van der Waals surface area contributed by atoms with Gasteiger partial charge in [-0.15, -0.1) is 11.3 Å². The molecule has 4 heteroatoms. The molecule has 1 aromatic heterocycles. The first kappa shape index (κ1) is 16.6. The van der Waals surface area contributed by atoms with Crippen LogP contribution in [0.25, 0.3) is 10.1 Å². The van der Waals surface area contributed by atoms with Gasteiger partial charge in [0.25, 0.3) is 5.91 Å². The van der Waals surface area contributed by atoms with E-state index in [1.165, 1.54) is 28.0 Å². The Bertz CT molecular complexity index is 946. The number of halogens is 1. The second-order valence-corrected chi connectivity index (χ2v) is 7.98. The molecule has 128 valence electrons. The van der Waals surface area contributed by atoms with E-state index in [9.17, 15) is 4.79 Å². The zero-order chi connectivity index (χ0) is 17.4. The van der Waals surface area contributed by atoms with E-state index in [0.29, 0.717) is 9.90 Å². The van der Waals surface area contributed by atoms with Crippen LogP contribution in [-0.2, 0) is 12.8 Å². The first-order chi connectivity index (χ1) is 12.2. The van der Waals surface area contributed by atoms with Crippen molar-refractivity contribution in [2.45, 2.75) is 38.6 Å². The summed E-state index contributed by atoms with van der Waals surface area (Å²) in [5.74, 6) is -0.0639. The van der Waals surface area contributed by atoms with Crippen LogP contribution in [0.1, 0.15) is 52.2 Å². The molecule has 1 N–H and O–H groups in total. The van der Waals surface area contributed by atoms with Crippen LogP contribution in [0, 0.1) is 0 Å².